The van der Waals surface area contributed by atoms with Crippen LogP contribution >= 0.6 is 0 Å². The number of nitrogens with zero attached hydrogens (tertiary/aromatic N) is 4. The average Bonchev–Trinajstić information content (AvgIpc) is 2.29. The minimum Gasteiger partial charge on any atom is -0.245 e. The molecule has 0 saturated carbocycles. The van der Waals surface area contributed by atoms with Crippen molar-refractivity contribution >= 4 is 10.2 Å². The van der Waals surface area contributed by atoms with Gasteiger partial charge in [0.15, 0.2) is 0 Å². The fourth-order valence-electron chi connectivity index (χ4n) is 2.07. The smallest absolute Gasteiger partial charge is 0.245 e. The van der Waals surface area contributed by atoms with Crippen molar-refractivity contribution in [3.8, 4) is 0 Å². The van der Waals surface area contributed by atoms with Crippen molar-refractivity contribution in [3.63, 3.8) is 0 Å². The van der Waals surface area contributed by atoms with Crippen molar-refractivity contribution in [3.05, 3.63) is 24.3 Å². The summed E-state index contributed by atoms with van der Waals surface area (Å²) in [6, 6.07) is 1.84. The summed E-state index contributed by atoms with van der Waals surface area (Å²) in [7, 11) is -3.28. The molecule has 0 unspecified atom stereocenters. The molecule has 6 nitrogen and oxygen atoms in total. The molecule has 100 valence electrons. The van der Waals surface area contributed by atoms with E-state index in [1.807, 2.05) is 19.9 Å². The van der Waals surface area contributed by atoms with E-state index in [1.165, 1.54) is 14.9 Å². The van der Waals surface area contributed by atoms with Gasteiger partial charge in [0.25, 0.3) is 10.2 Å². The van der Waals surface area contributed by atoms with Crippen LogP contribution in [0, 0.1) is 0 Å². The second-order valence-electron chi connectivity index (χ2n) is 4.24. The van der Waals surface area contributed by atoms with Gasteiger partial charge in [0, 0.05) is 44.0 Å². The van der Waals surface area contributed by atoms with Crippen molar-refractivity contribution in [2.75, 3.05) is 26.2 Å². The van der Waals surface area contributed by atoms with Crippen LogP contribution in [0.2, 0.25) is 0 Å². The lowest BCUT2D eigenvalue weighted by Gasteiger charge is -2.40. The Kier molecular flexibility index (Phi) is 3.94. The first-order chi connectivity index (χ1) is 8.59. The second-order valence-corrected chi connectivity index (χ2v) is 6.17. The highest BCUT2D eigenvalue weighted by Crippen LogP contribution is 2.28. The first-order valence-electron chi connectivity index (χ1n) is 6.10. The maximum absolute atomic E-state index is 12.2. The topological polar surface area (TPSA) is 66.4 Å². The molecule has 1 saturated heterocycles. The molecule has 0 bridgehead atoms. The Morgan fingerprint density at radius 3 is 2.56 bits per heavy atom. The summed E-state index contributed by atoms with van der Waals surface area (Å²) in [5.74, 6) is 0.193. The Morgan fingerprint density at radius 2 is 2.06 bits per heavy atom. The average molecular weight is 270 g/mol. The molecule has 0 radical (unpaired) electrons. The predicted molar refractivity (Wildman–Crippen MR) is 68.2 cm³/mol. The van der Waals surface area contributed by atoms with E-state index in [0.717, 1.165) is 5.69 Å². The van der Waals surface area contributed by atoms with Gasteiger partial charge in [-0.15, -0.1) is 0 Å². The fourth-order valence-corrected chi connectivity index (χ4v) is 3.79. The predicted octanol–water partition coefficient (Wildman–Crippen LogP) is 0.462. The molecule has 0 atom stereocenters. The maximum Gasteiger partial charge on any atom is 0.281 e. The SMILES string of the molecule is CCN(CC)S(=O)(=O)N1CC(c2ccncn2)C1. The summed E-state index contributed by atoms with van der Waals surface area (Å²) in [6.07, 6.45) is 3.18. The van der Waals surface area contributed by atoms with E-state index in [4.69, 9.17) is 0 Å². The molecular weight excluding hydrogens is 252 g/mol. The Labute approximate surface area is 108 Å². The highest BCUT2D eigenvalue weighted by atomic mass is 32.2. The van der Waals surface area contributed by atoms with E-state index < -0.39 is 10.2 Å². The molecule has 2 heterocycles. The third-order valence-electron chi connectivity index (χ3n) is 3.23. The summed E-state index contributed by atoms with van der Waals surface area (Å²) >= 11 is 0. The molecule has 0 aliphatic carbocycles. The molecule has 2 rings (SSSR count). The van der Waals surface area contributed by atoms with E-state index >= 15 is 0 Å². The normalized spacial score (nSPS) is 17.9. The van der Waals surface area contributed by atoms with Crippen LogP contribution in [-0.4, -0.2) is 53.2 Å². The standard InChI is InChI=1S/C11H18N4O2S/c1-3-14(4-2)18(16,17)15-7-10(8-15)11-5-6-12-9-13-11/h5-6,9-10H,3-4,7-8H2,1-2H3. The summed E-state index contributed by atoms with van der Waals surface area (Å²) in [4.78, 5) is 8.01. The van der Waals surface area contributed by atoms with Crippen molar-refractivity contribution < 1.29 is 8.42 Å². The van der Waals surface area contributed by atoms with Gasteiger partial charge in [-0.1, -0.05) is 13.8 Å². The molecule has 0 aromatic carbocycles. The van der Waals surface area contributed by atoms with E-state index in [-0.39, 0.29) is 5.92 Å². The molecule has 1 fully saturated rings. The molecule has 7 heteroatoms. The molecular formula is C11H18N4O2S. The van der Waals surface area contributed by atoms with E-state index in [1.54, 1.807) is 6.20 Å². The lowest BCUT2D eigenvalue weighted by Crippen LogP contribution is -2.54. The molecule has 18 heavy (non-hydrogen) atoms. The van der Waals surface area contributed by atoms with Crippen LogP contribution < -0.4 is 0 Å². The molecule has 1 aliphatic heterocycles. The highest BCUT2D eigenvalue weighted by Gasteiger charge is 2.39. The summed E-state index contributed by atoms with van der Waals surface area (Å²) in [6.45, 7) is 5.73. The van der Waals surface area contributed by atoms with E-state index in [0.29, 0.717) is 26.2 Å². The van der Waals surface area contributed by atoms with Crippen LogP contribution in [0.5, 0.6) is 0 Å². The van der Waals surface area contributed by atoms with Crippen molar-refractivity contribution in [2.24, 2.45) is 0 Å². The lowest BCUT2D eigenvalue weighted by atomic mass is 9.99. The third kappa shape index (κ3) is 2.38. The van der Waals surface area contributed by atoms with Gasteiger partial charge in [-0.05, 0) is 6.07 Å². The quantitative estimate of drug-likeness (QED) is 0.779. The van der Waals surface area contributed by atoms with E-state index in [9.17, 15) is 8.42 Å². The van der Waals surface area contributed by atoms with Gasteiger partial charge in [0.2, 0.25) is 0 Å². The Bertz CT molecular complexity index is 481. The molecule has 0 amide bonds. The zero-order valence-electron chi connectivity index (χ0n) is 10.7. The zero-order chi connectivity index (χ0) is 13.2. The highest BCUT2D eigenvalue weighted by molar-refractivity contribution is 7.86. The van der Waals surface area contributed by atoms with Crippen LogP contribution in [-0.2, 0) is 10.2 Å². The largest absolute Gasteiger partial charge is 0.281 e. The summed E-state index contributed by atoms with van der Waals surface area (Å²) in [5, 5.41) is 0. The lowest BCUT2D eigenvalue weighted by molar-refractivity contribution is 0.238. The van der Waals surface area contributed by atoms with Gasteiger partial charge < -0.3 is 0 Å². The van der Waals surface area contributed by atoms with Crippen molar-refractivity contribution in [1.29, 1.82) is 0 Å². The van der Waals surface area contributed by atoms with Crippen LogP contribution in [0.1, 0.15) is 25.5 Å². The molecule has 0 N–H and O–H groups in total. The van der Waals surface area contributed by atoms with E-state index in [2.05, 4.69) is 9.97 Å². The molecule has 0 spiro atoms. The molecule has 1 aromatic rings. The van der Waals surface area contributed by atoms with Gasteiger partial charge in [-0.2, -0.15) is 17.0 Å². The fraction of sp³-hybridized carbons (Fsp3) is 0.636. The third-order valence-corrected chi connectivity index (χ3v) is 5.35. The minimum absolute atomic E-state index is 0.193. The van der Waals surface area contributed by atoms with Gasteiger partial charge in [-0.25, -0.2) is 9.97 Å². The van der Waals surface area contributed by atoms with Gasteiger partial charge >= 0.3 is 0 Å². The number of rotatable bonds is 5. The molecule has 1 aliphatic rings. The van der Waals surface area contributed by atoms with Gasteiger partial charge in [-0.3, -0.25) is 0 Å². The van der Waals surface area contributed by atoms with Gasteiger partial charge in [0.1, 0.15) is 6.33 Å². The first kappa shape index (κ1) is 13.4. The summed E-state index contributed by atoms with van der Waals surface area (Å²) < 4.78 is 27.3. The Balaban J connectivity index is 2.01. The van der Waals surface area contributed by atoms with Crippen molar-refractivity contribution in [2.45, 2.75) is 19.8 Å². The Hall–Kier alpha value is -1.05. The van der Waals surface area contributed by atoms with Gasteiger partial charge in [0.05, 0.1) is 0 Å². The Morgan fingerprint density at radius 1 is 1.39 bits per heavy atom. The van der Waals surface area contributed by atoms with Crippen LogP contribution in [0.15, 0.2) is 18.6 Å². The number of hydrogen-bond donors (Lipinski definition) is 0. The molecule has 1 aromatic heterocycles. The minimum atomic E-state index is -3.28. The second kappa shape index (κ2) is 5.29. The van der Waals surface area contributed by atoms with Crippen LogP contribution in [0.3, 0.4) is 0 Å². The summed E-state index contributed by atoms with van der Waals surface area (Å²) in [5.41, 5.74) is 0.913. The first-order valence-corrected chi connectivity index (χ1v) is 7.50. The monoisotopic (exact) mass is 270 g/mol. The zero-order valence-corrected chi connectivity index (χ0v) is 11.5. The number of aromatic nitrogens is 2. The van der Waals surface area contributed by atoms with Crippen LogP contribution in [0.25, 0.3) is 0 Å². The maximum atomic E-state index is 12.2. The number of hydrogen-bond acceptors (Lipinski definition) is 4. The van der Waals surface area contributed by atoms with Crippen molar-refractivity contribution in [1.82, 2.24) is 18.6 Å². The van der Waals surface area contributed by atoms with Crippen LogP contribution in [0.4, 0.5) is 0 Å².